The van der Waals surface area contributed by atoms with E-state index in [0.29, 0.717) is 6.61 Å². The molecule has 1 aromatic rings. The number of anilines is 1. The van der Waals surface area contributed by atoms with Gasteiger partial charge in [-0.15, -0.1) is 0 Å². The average molecular weight is 210 g/mol. The highest BCUT2D eigenvalue weighted by Crippen LogP contribution is 2.15. The summed E-state index contributed by atoms with van der Waals surface area (Å²) in [5, 5.41) is 2.66. The SMILES string of the molecule is CCOc1ccc(NC(=O)C[S])cc1. The summed E-state index contributed by atoms with van der Waals surface area (Å²) in [6.07, 6.45) is 0. The minimum Gasteiger partial charge on any atom is -0.494 e. The molecule has 1 rings (SSSR count). The Morgan fingerprint density at radius 3 is 2.57 bits per heavy atom. The van der Waals surface area contributed by atoms with Crippen molar-refractivity contribution < 1.29 is 9.53 Å². The average Bonchev–Trinajstić information content (AvgIpc) is 2.21. The molecular weight excluding hydrogens is 198 g/mol. The van der Waals surface area contributed by atoms with Crippen LogP contribution in [0.5, 0.6) is 5.75 Å². The molecule has 1 N–H and O–H groups in total. The highest BCUT2D eigenvalue weighted by molar-refractivity contribution is 7.81. The Bertz CT molecular complexity index is 297. The summed E-state index contributed by atoms with van der Waals surface area (Å²) in [6, 6.07) is 7.19. The Kier molecular flexibility index (Phi) is 4.32. The molecule has 1 amide bonds. The molecule has 0 aromatic heterocycles. The Labute approximate surface area is 88.9 Å². The van der Waals surface area contributed by atoms with Gasteiger partial charge in [-0.1, -0.05) is 12.6 Å². The van der Waals surface area contributed by atoms with E-state index < -0.39 is 0 Å². The van der Waals surface area contributed by atoms with Gasteiger partial charge in [0.2, 0.25) is 5.91 Å². The lowest BCUT2D eigenvalue weighted by Crippen LogP contribution is -2.12. The number of nitrogens with one attached hydrogen (secondary N) is 1. The van der Waals surface area contributed by atoms with Crippen LogP contribution in [0.15, 0.2) is 24.3 Å². The lowest BCUT2D eigenvalue weighted by Gasteiger charge is -2.05. The molecule has 0 heterocycles. The summed E-state index contributed by atoms with van der Waals surface area (Å²) in [5.74, 6) is 0.709. The van der Waals surface area contributed by atoms with E-state index in [4.69, 9.17) is 4.74 Å². The lowest BCUT2D eigenvalue weighted by molar-refractivity contribution is -0.113. The molecule has 0 unspecified atom stereocenters. The molecule has 0 saturated carbocycles. The molecule has 0 bridgehead atoms. The van der Waals surface area contributed by atoms with Crippen molar-refractivity contribution in [3.8, 4) is 5.75 Å². The van der Waals surface area contributed by atoms with Crippen LogP contribution in [0.1, 0.15) is 6.92 Å². The van der Waals surface area contributed by atoms with Crippen molar-refractivity contribution in [2.45, 2.75) is 6.92 Å². The van der Waals surface area contributed by atoms with Crippen molar-refractivity contribution in [1.82, 2.24) is 0 Å². The molecule has 75 valence electrons. The first-order chi connectivity index (χ1) is 6.76. The molecule has 0 spiro atoms. The number of benzene rings is 1. The van der Waals surface area contributed by atoms with Crippen molar-refractivity contribution in [3.05, 3.63) is 24.3 Å². The molecule has 0 saturated heterocycles. The van der Waals surface area contributed by atoms with Crippen LogP contribution in [-0.2, 0) is 4.79 Å². The minimum atomic E-state index is -0.163. The molecule has 0 aliphatic heterocycles. The van der Waals surface area contributed by atoms with Crippen LogP contribution in [0.3, 0.4) is 0 Å². The molecule has 1 radical (unpaired) electrons. The summed E-state index contributed by atoms with van der Waals surface area (Å²) in [5.41, 5.74) is 0.739. The maximum absolute atomic E-state index is 10.9. The Morgan fingerprint density at radius 1 is 1.43 bits per heavy atom. The van der Waals surface area contributed by atoms with Crippen LogP contribution >= 0.6 is 12.6 Å². The van der Waals surface area contributed by atoms with Crippen molar-refractivity contribution in [2.75, 3.05) is 17.7 Å². The summed E-state index contributed by atoms with van der Waals surface area (Å²) in [7, 11) is 0. The van der Waals surface area contributed by atoms with Gasteiger partial charge in [-0.3, -0.25) is 4.79 Å². The van der Waals surface area contributed by atoms with Gasteiger partial charge in [-0.05, 0) is 31.2 Å². The first kappa shape index (κ1) is 10.9. The fourth-order valence-corrected chi connectivity index (χ4v) is 1.07. The molecule has 3 nitrogen and oxygen atoms in total. The van der Waals surface area contributed by atoms with E-state index in [1.165, 1.54) is 0 Å². The second-order valence-corrected chi connectivity index (χ2v) is 2.94. The molecule has 14 heavy (non-hydrogen) atoms. The number of carbonyl (C=O) groups excluding carboxylic acids is 1. The van der Waals surface area contributed by atoms with Gasteiger partial charge in [0.1, 0.15) is 5.75 Å². The highest BCUT2D eigenvalue weighted by atomic mass is 32.1. The lowest BCUT2D eigenvalue weighted by atomic mass is 10.3. The molecule has 0 aliphatic carbocycles. The second-order valence-electron chi connectivity index (χ2n) is 2.65. The van der Waals surface area contributed by atoms with E-state index in [1.54, 1.807) is 12.1 Å². The quantitative estimate of drug-likeness (QED) is 0.827. The number of hydrogen-bond donors (Lipinski definition) is 1. The van der Waals surface area contributed by atoms with E-state index in [9.17, 15) is 4.79 Å². The van der Waals surface area contributed by atoms with Crippen LogP contribution in [0, 0.1) is 0 Å². The third-order valence-corrected chi connectivity index (χ3v) is 1.84. The zero-order valence-electron chi connectivity index (χ0n) is 7.95. The third kappa shape index (κ3) is 3.30. The van der Waals surface area contributed by atoms with E-state index in [-0.39, 0.29) is 11.7 Å². The van der Waals surface area contributed by atoms with E-state index in [0.717, 1.165) is 11.4 Å². The minimum absolute atomic E-state index is 0.0766. The van der Waals surface area contributed by atoms with Crippen LogP contribution in [0.2, 0.25) is 0 Å². The van der Waals surface area contributed by atoms with Gasteiger partial charge in [0, 0.05) is 5.69 Å². The van der Waals surface area contributed by atoms with Crippen LogP contribution in [0.4, 0.5) is 5.69 Å². The Hall–Kier alpha value is -1.16. The zero-order valence-corrected chi connectivity index (χ0v) is 8.76. The topological polar surface area (TPSA) is 38.3 Å². The fourth-order valence-electron chi connectivity index (χ4n) is 0.998. The number of amides is 1. The summed E-state index contributed by atoms with van der Waals surface area (Å²) < 4.78 is 5.26. The van der Waals surface area contributed by atoms with Gasteiger partial charge in [0.05, 0.1) is 12.4 Å². The van der Waals surface area contributed by atoms with Gasteiger partial charge in [0.25, 0.3) is 0 Å². The fraction of sp³-hybridized carbons (Fsp3) is 0.300. The van der Waals surface area contributed by atoms with Crippen molar-refractivity contribution in [2.24, 2.45) is 0 Å². The second kappa shape index (κ2) is 5.54. The smallest absolute Gasteiger partial charge is 0.235 e. The van der Waals surface area contributed by atoms with Gasteiger partial charge in [-0.2, -0.15) is 0 Å². The molecule has 1 aromatic carbocycles. The van der Waals surface area contributed by atoms with Crippen LogP contribution < -0.4 is 10.1 Å². The predicted molar refractivity (Wildman–Crippen MR) is 58.7 cm³/mol. The van der Waals surface area contributed by atoms with Gasteiger partial charge in [-0.25, -0.2) is 0 Å². The van der Waals surface area contributed by atoms with E-state index in [1.807, 2.05) is 19.1 Å². The molecule has 4 heteroatoms. The number of rotatable bonds is 4. The maximum atomic E-state index is 10.9. The van der Waals surface area contributed by atoms with Gasteiger partial charge >= 0.3 is 0 Å². The van der Waals surface area contributed by atoms with E-state index in [2.05, 4.69) is 17.9 Å². The first-order valence-corrected chi connectivity index (χ1v) is 4.94. The molecule has 0 atom stereocenters. The third-order valence-electron chi connectivity index (χ3n) is 1.58. The van der Waals surface area contributed by atoms with Crippen molar-refractivity contribution >= 4 is 24.2 Å². The molecule has 0 fully saturated rings. The number of hydrogen-bond acceptors (Lipinski definition) is 2. The summed E-state index contributed by atoms with van der Waals surface area (Å²) in [4.78, 5) is 10.9. The molecular formula is C10H12NO2S. The normalized spacial score (nSPS) is 9.57. The zero-order chi connectivity index (χ0) is 10.4. The highest BCUT2D eigenvalue weighted by Gasteiger charge is 1.99. The monoisotopic (exact) mass is 210 g/mol. The van der Waals surface area contributed by atoms with Gasteiger partial charge in [0.15, 0.2) is 0 Å². The Morgan fingerprint density at radius 2 is 2.07 bits per heavy atom. The largest absolute Gasteiger partial charge is 0.494 e. The number of carbonyl (C=O) groups is 1. The standard InChI is InChI=1S/C10H12NO2S/c1-2-13-9-5-3-8(4-6-9)11-10(12)7-14/h3-6H,2,7H2,1H3,(H,11,12). The number of ether oxygens (including phenoxy) is 1. The maximum Gasteiger partial charge on any atom is 0.235 e. The Balaban J connectivity index is 2.59. The summed E-state index contributed by atoms with van der Waals surface area (Å²) in [6.45, 7) is 2.56. The summed E-state index contributed by atoms with van der Waals surface area (Å²) >= 11 is 4.60. The van der Waals surface area contributed by atoms with Crippen LogP contribution in [0.25, 0.3) is 0 Å². The van der Waals surface area contributed by atoms with Gasteiger partial charge < -0.3 is 10.1 Å². The van der Waals surface area contributed by atoms with Crippen molar-refractivity contribution in [3.63, 3.8) is 0 Å². The van der Waals surface area contributed by atoms with Crippen LogP contribution in [-0.4, -0.2) is 18.3 Å². The van der Waals surface area contributed by atoms with Crippen molar-refractivity contribution in [1.29, 1.82) is 0 Å². The first-order valence-electron chi connectivity index (χ1n) is 4.37. The predicted octanol–water partition coefficient (Wildman–Crippen LogP) is 2.22. The molecule has 0 aliphatic rings. The van der Waals surface area contributed by atoms with E-state index >= 15 is 0 Å².